The molecule has 0 saturated heterocycles. The zero-order valence-electron chi connectivity index (χ0n) is 13.0. The summed E-state index contributed by atoms with van der Waals surface area (Å²) in [5, 5.41) is 16.2. The van der Waals surface area contributed by atoms with E-state index in [-0.39, 0.29) is 5.60 Å². The first-order valence-electron chi connectivity index (χ1n) is 6.93. The molecule has 2 atom stereocenters. The van der Waals surface area contributed by atoms with Gasteiger partial charge in [-0.05, 0) is 53.9 Å². The number of aliphatic hydroxyl groups is 2. The molecule has 0 aromatic heterocycles. The number of ether oxygens (including phenoxy) is 2. The lowest BCUT2D eigenvalue weighted by molar-refractivity contribution is -0.127. The Morgan fingerprint density at radius 2 is 1.58 bits per heavy atom. The Bertz CT molecular complexity index is 227. The molecule has 1 unspecified atom stereocenters. The van der Waals surface area contributed by atoms with Crippen molar-refractivity contribution in [3.8, 4) is 0 Å². The van der Waals surface area contributed by atoms with Gasteiger partial charge in [0.2, 0.25) is 0 Å². The molecule has 0 aromatic rings. The molecule has 0 aromatic carbocycles. The Morgan fingerprint density at radius 3 is 1.95 bits per heavy atom. The van der Waals surface area contributed by atoms with Crippen LogP contribution < -0.4 is 5.73 Å². The summed E-state index contributed by atoms with van der Waals surface area (Å²) in [7, 11) is 0. The minimum absolute atomic E-state index is 0.0601. The highest BCUT2D eigenvalue weighted by atomic mass is 16.5. The highest BCUT2D eigenvalue weighted by Gasteiger charge is 2.22. The van der Waals surface area contributed by atoms with Crippen LogP contribution in [-0.2, 0) is 9.47 Å². The second-order valence-corrected chi connectivity index (χ2v) is 6.52. The summed E-state index contributed by atoms with van der Waals surface area (Å²) in [5.74, 6) is -1.50. The number of nitrogens with two attached hydrogens (primary N) is 1. The quantitative estimate of drug-likeness (QED) is 0.534. The van der Waals surface area contributed by atoms with Crippen LogP contribution in [0, 0.1) is 0 Å². The molecule has 1 rings (SSSR count). The molecule has 5 heteroatoms. The van der Waals surface area contributed by atoms with Crippen LogP contribution in [0.25, 0.3) is 0 Å². The van der Waals surface area contributed by atoms with Crippen LogP contribution >= 0.6 is 0 Å². The van der Waals surface area contributed by atoms with Gasteiger partial charge in [-0.25, -0.2) is 0 Å². The van der Waals surface area contributed by atoms with Gasteiger partial charge in [-0.15, -0.1) is 0 Å². The summed E-state index contributed by atoms with van der Waals surface area (Å²) in [5.41, 5.74) is 5.73. The summed E-state index contributed by atoms with van der Waals surface area (Å²) in [4.78, 5) is 0. The van der Waals surface area contributed by atoms with E-state index in [4.69, 9.17) is 25.4 Å². The molecule has 1 fully saturated rings. The molecular weight excluding hydrogens is 246 g/mol. The molecule has 19 heavy (non-hydrogen) atoms. The van der Waals surface area contributed by atoms with Crippen molar-refractivity contribution >= 4 is 0 Å². The van der Waals surface area contributed by atoms with E-state index in [1.165, 1.54) is 13.8 Å². The second-order valence-electron chi connectivity index (χ2n) is 6.52. The highest BCUT2D eigenvalue weighted by molar-refractivity contribution is 4.78. The molecule has 0 amide bonds. The number of hydrogen-bond donors (Lipinski definition) is 3. The van der Waals surface area contributed by atoms with Gasteiger partial charge in [0, 0.05) is 6.04 Å². The van der Waals surface area contributed by atoms with Crippen LogP contribution in [0.5, 0.6) is 0 Å². The van der Waals surface area contributed by atoms with Crippen molar-refractivity contribution in [1.82, 2.24) is 0 Å². The van der Waals surface area contributed by atoms with Gasteiger partial charge in [0.25, 0.3) is 0 Å². The third-order valence-electron chi connectivity index (χ3n) is 2.40. The highest BCUT2D eigenvalue weighted by Crippen LogP contribution is 2.20. The van der Waals surface area contributed by atoms with E-state index in [0.717, 1.165) is 19.3 Å². The van der Waals surface area contributed by atoms with E-state index in [1.807, 2.05) is 0 Å². The Kier molecular flexibility index (Phi) is 8.08. The van der Waals surface area contributed by atoms with Crippen LogP contribution in [0.3, 0.4) is 0 Å². The summed E-state index contributed by atoms with van der Waals surface area (Å²) in [6.45, 7) is 10.1. The monoisotopic (exact) mass is 277 g/mol. The van der Waals surface area contributed by atoms with Gasteiger partial charge in [-0.2, -0.15) is 0 Å². The minimum atomic E-state index is -1.50. The normalized spacial score (nSPS) is 24.0. The van der Waals surface area contributed by atoms with E-state index >= 15 is 0 Å². The van der Waals surface area contributed by atoms with Crippen LogP contribution in [-0.4, -0.2) is 47.0 Å². The van der Waals surface area contributed by atoms with E-state index in [1.54, 1.807) is 0 Å². The van der Waals surface area contributed by atoms with Crippen molar-refractivity contribution < 1.29 is 19.7 Å². The number of hydrogen-bond acceptors (Lipinski definition) is 5. The maximum absolute atomic E-state index is 8.08. The zero-order chi connectivity index (χ0) is 15.1. The van der Waals surface area contributed by atoms with Crippen molar-refractivity contribution in [3.63, 3.8) is 0 Å². The largest absolute Gasteiger partial charge is 0.376 e. The smallest absolute Gasteiger partial charge is 0.156 e. The van der Waals surface area contributed by atoms with Gasteiger partial charge >= 0.3 is 0 Å². The lowest BCUT2D eigenvalue weighted by atomic mass is 10.2. The van der Waals surface area contributed by atoms with Crippen molar-refractivity contribution in [2.75, 3.05) is 13.2 Å². The standard InChI is InChI=1S/C11H23NO2.C3H8O2/c1-11(2,3)14-7-6-13-10-5-4-9(12)8-10;1-3(2,4)5/h9-10H,4-8,12H2,1-3H3;4-5H,1-2H3/t9-,10?;/m0./s1. The van der Waals surface area contributed by atoms with Crippen molar-refractivity contribution in [1.29, 1.82) is 0 Å². The molecule has 0 radical (unpaired) electrons. The molecule has 4 N–H and O–H groups in total. The van der Waals surface area contributed by atoms with Crippen LogP contribution in [0.15, 0.2) is 0 Å². The first kappa shape index (κ1) is 18.8. The maximum Gasteiger partial charge on any atom is 0.156 e. The first-order valence-corrected chi connectivity index (χ1v) is 6.93. The van der Waals surface area contributed by atoms with Crippen molar-refractivity contribution in [3.05, 3.63) is 0 Å². The molecular formula is C14H31NO4. The van der Waals surface area contributed by atoms with E-state index in [9.17, 15) is 0 Å². The van der Waals surface area contributed by atoms with Crippen LogP contribution in [0.2, 0.25) is 0 Å². The van der Waals surface area contributed by atoms with Crippen molar-refractivity contribution in [2.24, 2.45) is 5.73 Å². The molecule has 0 spiro atoms. The second kappa shape index (κ2) is 8.17. The fraction of sp³-hybridized carbons (Fsp3) is 1.00. The Morgan fingerprint density at radius 1 is 1.05 bits per heavy atom. The van der Waals surface area contributed by atoms with Gasteiger partial charge < -0.3 is 25.4 Å². The Labute approximate surface area is 117 Å². The Hall–Kier alpha value is -0.200. The molecule has 1 aliphatic rings. The molecule has 116 valence electrons. The fourth-order valence-electron chi connectivity index (χ4n) is 1.69. The third kappa shape index (κ3) is 15.7. The lowest BCUT2D eigenvalue weighted by Crippen LogP contribution is -2.23. The van der Waals surface area contributed by atoms with Gasteiger partial charge in [0.1, 0.15) is 0 Å². The van der Waals surface area contributed by atoms with Gasteiger partial charge in [0.15, 0.2) is 5.79 Å². The first-order chi connectivity index (χ1) is 8.47. The predicted molar refractivity (Wildman–Crippen MR) is 75.8 cm³/mol. The average molecular weight is 277 g/mol. The van der Waals surface area contributed by atoms with Crippen LogP contribution in [0.1, 0.15) is 53.9 Å². The molecule has 1 aliphatic carbocycles. The van der Waals surface area contributed by atoms with Gasteiger partial charge in [-0.3, -0.25) is 0 Å². The van der Waals surface area contributed by atoms with E-state index in [2.05, 4.69) is 20.8 Å². The Balaban J connectivity index is 0.000000555. The summed E-state index contributed by atoms with van der Waals surface area (Å²) < 4.78 is 11.2. The van der Waals surface area contributed by atoms with Gasteiger partial charge in [-0.1, -0.05) is 0 Å². The third-order valence-corrected chi connectivity index (χ3v) is 2.40. The molecule has 1 saturated carbocycles. The van der Waals surface area contributed by atoms with E-state index in [0.29, 0.717) is 25.4 Å². The topological polar surface area (TPSA) is 84.9 Å². The lowest BCUT2D eigenvalue weighted by Gasteiger charge is -2.20. The van der Waals surface area contributed by atoms with Crippen molar-refractivity contribution in [2.45, 2.75) is 77.4 Å². The summed E-state index contributed by atoms with van der Waals surface area (Å²) in [6, 6.07) is 0.350. The molecule has 0 bridgehead atoms. The maximum atomic E-state index is 8.08. The van der Waals surface area contributed by atoms with Gasteiger partial charge in [0.05, 0.1) is 24.9 Å². The summed E-state index contributed by atoms with van der Waals surface area (Å²) >= 11 is 0. The number of rotatable bonds is 4. The summed E-state index contributed by atoms with van der Waals surface area (Å²) in [6.07, 6.45) is 3.59. The predicted octanol–water partition coefficient (Wildman–Crippen LogP) is 1.41. The minimum Gasteiger partial charge on any atom is -0.376 e. The molecule has 0 aliphatic heterocycles. The van der Waals surface area contributed by atoms with E-state index < -0.39 is 5.79 Å². The average Bonchev–Trinajstić information content (AvgIpc) is 2.55. The molecule has 0 heterocycles. The molecule has 5 nitrogen and oxygen atoms in total. The van der Waals surface area contributed by atoms with Crippen LogP contribution in [0.4, 0.5) is 0 Å². The fourth-order valence-corrected chi connectivity index (χ4v) is 1.69. The SMILES string of the molecule is CC(C)(C)OCCOC1CC[C@H](N)C1.CC(C)(O)O. The zero-order valence-corrected chi connectivity index (χ0v) is 13.0.